The lowest BCUT2D eigenvalue weighted by Crippen LogP contribution is -2.13. The average molecular weight is 307 g/mol. The number of hydrogen-bond donors (Lipinski definition) is 2. The number of amides is 2. The van der Waals surface area contributed by atoms with Crippen molar-refractivity contribution in [1.29, 1.82) is 5.26 Å². The summed E-state index contributed by atoms with van der Waals surface area (Å²) in [5, 5.41) is 13.8. The Kier molecular flexibility index (Phi) is 5.11. The lowest BCUT2D eigenvalue weighted by molar-refractivity contribution is -0.115. The molecule has 0 bridgehead atoms. The fraction of sp³-hybridized carbons (Fsp3) is 0.167. The fourth-order valence-electron chi connectivity index (χ4n) is 2.00. The third kappa shape index (κ3) is 4.42. The molecule has 2 N–H and O–H groups in total. The second-order valence-electron chi connectivity index (χ2n) is 5.21. The van der Waals surface area contributed by atoms with Crippen LogP contribution in [-0.2, 0) is 4.79 Å². The third-order valence-corrected chi connectivity index (χ3v) is 3.44. The highest BCUT2D eigenvalue weighted by Gasteiger charge is 2.07. The number of carbonyl (C=O) groups excluding carboxylic acids is 2. The van der Waals surface area contributed by atoms with Crippen LogP contribution in [0.3, 0.4) is 0 Å². The molecule has 0 fully saturated rings. The molecule has 2 amide bonds. The van der Waals surface area contributed by atoms with Crippen LogP contribution in [0, 0.1) is 25.2 Å². The number of carbonyl (C=O) groups is 2. The number of aryl methyl sites for hydroxylation is 2. The molecule has 0 radical (unpaired) electrons. The summed E-state index contributed by atoms with van der Waals surface area (Å²) in [4.78, 5) is 23.5. The van der Waals surface area contributed by atoms with Crippen molar-refractivity contribution in [3.63, 3.8) is 0 Å². The maximum atomic E-state index is 12.2. The molecule has 0 aliphatic heterocycles. The maximum absolute atomic E-state index is 12.2. The van der Waals surface area contributed by atoms with Crippen LogP contribution in [0.25, 0.3) is 0 Å². The van der Waals surface area contributed by atoms with Crippen molar-refractivity contribution in [3.05, 3.63) is 59.2 Å². The Hall–Kier alpha value is -3.13. The normalized spacial score (nSPS) is 9.78. The van der Waals surface area contributed by atoms with Gasteiger partial charge < -0.3 is 10.6 Å². The number of nitrogens with one attached hydrogen (secondary N) is 2. The van der Waals surface area contributed by atoms with Gasteiger partial charge in [0.05, 0.1) is 6.07 Å². The van der Waals surface area contributed by atoms with Gasteiger partial charge in [-0.1, -0.05) is 6.07 Å². The first-order valence-electron chi connectivity index (χ1n) is 7.15. The number of rotatable bonds is 4. The Bertz CT molecular complexity index is 774. The summed E-state index contributed by atoms with van der Waals surface area (Å²) in [6.07, 6.45) is -0.189. The summed E-state index contributed by atoms with van der Waals surface area (Å²) in [7, 11) is 0. The van der Waals surface area contributed by atoms with Crippen molar-refractivity contribution < 1.29 is 9.59 Å². The maximum Gasteiger partial charge on any atom is 0.255 e. The topological polar surface area (TPSA) is 82.0 Å². The molecule has 0 spiro atoms. The van der Waals surface area contributed by atoms with E-state index in [0.717, 1.165) is 11.1 Å². The van der Waals surface area contributed by atoms with Crippen molar-refractivity contribution in [3.8, 4) is 6.07 Å². The van der Waals surface area contributed by atoms with E-state index >= 15 is 0 Å². The lowest BCUT2D eigenvalue weighted by atomic mass is 10.1. The van der Waals surface area contributed by atoms with Gasteiger partial charge in [-0.25, -0.2) is 0 Å². The van der Waals surface area contributed by atoms with E-state index in [1.165, 1.54) is 0 Å². The van der Waals surface area contributed by atoms with E-state index in [-0.39, 0.29) is 18.2 Å². The molecule has 0 atom stereocenters. The van der Waals surface area contributed by atoms with E-state index in [9.17, 15) is 9.59 Å². The van der Waals surface area contributed by atoms with Crippen LogP contribution in [-0.4, -0.2) is 11.8 Å². The molecule has 23 heavy (non-hydrogen) atoms. The highest BCUT2D eigenvalue weighted by Crippen LogP contribution is 2.16. The van der Waals surface area contributed by atoms with Gasteiger partial charge in [0.25, 0.3) is 5.91 Å². The zero-order valence-electron chi connectivity index (χ0n) is 13.0. The van der Waals surface area contributed by atoms with Gasteiger partial charge in [0, 0.05) is 16.9 Å². The van der Waals surface area contributed by atoms with Crippen LogP contribution in [0.2, 0.25) is 0 Å². The van der Waals surface area contributed by atoms with E-state index < -0.39 is 0 Å². The minimum absolute atomic E-state index is 0.186. The van der Waals surface area contributed by atoms with Gasteiger partial charge in [-0.2, -0.15) is 5.26 Å². The molecule has 0 unspecified atom stereocenters. The number of hydrogen-bond acceptors (Lipinski definition) is 3. The first-order chi connectivity index (χ1) is 11.0. The van der Waals surface area contributed by atoms with Crippen LogP contribution in [0.1, 0.15) is 27.9 Å². The first kappa shape index (κ1) is 16.2. The summed E-state index contributed by atoms with van der Waals surface area (Å²) in [5.74, 6) is -0.547. The Labute approximate surface area is 134 Å². The minimum atomic E-state index is -0.362. The Balaban J connectivity index is 2.03. The molecule has 2 aromatic carbocycles. The molecule has 0 aromatic heterocycles. The van der Waals surface area contributed by atoms with Crippen LogP contribution in [0.4, 0.5) is 11.4 Å². The average Bonchev–Trinajstić information content (AvgIpc) is 2.52. The standard InChI is InChI=1S/C18H17N3O2/c1-12-3-4-14(11-13(12)2)18(23)21-16-7-5-15(6-8-16)20-17(22)9-10-19/h3-8,11H,9H2,1-2H3,(H,20,22)(H,21,23). The number of nitriles is 1. The molecule has 5 heteroatoms. The van der Waals surface area contributed by atoms with Crippen molar-refractivity contribution in [2.45, 2.75) is 20.3 Å². The van der Waals surface area contributed by atoms with Crippen LogP contribution < -0.4 is 10.6 Å². The monoisotopic (exact) mass is 307 g/mol. The van der Waals surface area contributed by atoms with E-state index in [4.69, 9.17) is 5.26 Å². The summed E-state index contributed by atoms with van der Waals surface area (Å²) >= 11 is 0. The second kappa shape index (κ2) is 7.23. The van der Waals surface area contributed by atoms with Gasteiger partial charge in [-0.05, 0) is 61.4 Å². The fourth-order valence-corrected chi connectivity index (χ4v) is 2.00. The number of anilines is 2. The summed E-state index contributed by atoms with van der Waals surface area (Å²) in [6.45, 7) is 3.96. The van der Waals surface area contributed by atoms with E-state index in [1.54, 1.807) is 36.4 Å². The largest absolute Gasteiger partial charge is 0.325 e. The Morgan fingerprint density at radius 2 is 1.57 bits per heavy atom. The molecule has 5 nitrogen and oxygen atoms in total. The molecular formula is C18H17N3O2. The van der Waals surface area contributed by atoms with Gasteiger partial charge in [-0.3, -0.25) is 9.59 Å². The van der Waals surface area contributed by atoms with Crippen LogP contribution >= 0.6 is 0 Å². The van der Waals surface area contributed by atoms with Gasteiger partial charge >= 0.3 is 0 Å². The predicted molar refractivity (Wildman–Crippen MR) is 89.2 cm³/mol. The third-order valence-electron chi connectivity index (χ3n) is 3.44. The quantitative estimate of drug-likeness (QED) is 0.908. The highest BCUT2D eigenvalue weighted by molar-refractivity contribution is 6.04. The van der Waals surface area contributed by atoms with Crippen molar-refractivity contribution in [1.82, 2.24) is 0 Å². The van der Waals surface area contributed by atoms with Crippen molar-refractivity contribution in [2.24, 2.45) is 0 Å². The number of nitrogens with zero attached hydrogens (tertiary/aromatic N) is 1. The second-order valence-corrected chi connectivity index (χ2v) is 5.21. The van der Waals surface area contributed by atoms with E-state index in [2.05, 4.69) is 10.6 Å². The van der Waals surface area contributed by atoms with Gasteiger partial charge in [-0.15, -0.1) is 0 Å². The first-order valence-corrected chi connectivity index (χ1v) is 7.15. The molecule has 116 valence electrons. The Morgan fingerprint density at radius 1 is 0.957 bits per heavy atom. The van der Waals surface area contributed by atoms with Crippen molar-refractivity contribution in [2.75, 3.05) is 10.6 Å². The summed E-state index contributed by atoms with van der Waals surface area (Å²) in [6, 6.07) is 14.1. The highest BCUT2D eigenvalue weighted by atomic mass is 16.2. The Morgan fingerprint density at radius 3 is 2.13 bits per heavy atom. The molecule has 0 aliphatic carbocycles. The van der Waals surface area contributed by atoms with Gasteiger partial charge in [0.15, 0.2) is 0 Å². The van der Waals surface area contributed by atoms with Crippen molar-refractivity contribution >= 4 is 23.2 Å². The van der Waals surface area contributed by atoms with E-state index in [0.29, 0.717) is 16.9 Å². The zero-order chi connectivity index (χ0) is 16.8. The molecule has 2 rings (SSSR count). The molecule has 0 heterocycles. The van der Waals surface area contributed by atoms with Gasteiger partial charge in [0.2, 0.25) is 5.91 Å². The minimum Gasteiger partial charge on any atom is -0.325 e. The SMILES string of the molecule is Cc1ccc(C(=O)Nc2ccc(NC(=O)CC#N)cc2)cc1C. The molecule has 0 saturated carbocycles. The summed E-state index contributed by atoms with van der Waals surface area (Å²) in [5.41, 5.74) is 4.01. The zero-order valence-corrected chi connectivity index (χ0v) is 13.0. The lowest BCUT2D eigenvalue weighted by Gasteiger charge is -2.08. The molecule has 0 saturated heterocycles. The molecule has 2 aromatic rings. The molecule has 0 aliphatic rings. The van der Waals surface area contributed by atoms with Crippen LogP contribution in [0.15, 0.2) is 42.5 Å². The van der Waals surface area contributed by atoms with E-state index in [1.807, 2.05) is 26.0 Å². The molecular weight excluding hydrogens is 290 g/mol. The predicted octanol–water partition coefficient (Wildman–Crippen LogP) is 3.41. The smallest absolute Gasteiger partial charge is 0.255 e. The summed E-state index contributed by atoms with van der Waals surface area (Å²) < 4.78 is 0. The number of benzene rings is 2. The van der Waals surface area contributed by atoms with Crippen LogP contribution in [0.5, 0.6) is 0 Å². The van der Waals surface area contributed by atoms with Gasteiger partial charge in [0.1, 0.15) is 6.42 Å².